The number of aromatic hydroxyl groups is 1. The number of phenolic OH excluding ortho intramolecular Hbond substituents is 1. The summed E-state index contributed by atoms with van der Waals surface area (Å²) in [6, 6.07) is 6.65. The van der Waals surface area contributed by atoms with E-state index in [1.807, 2.05) is 0 Å². The molecule has 22 heavy (non-hydrogen) atoms. The van der Waals surface area contributed by atoms with Crippen molar-refractivity contribution >= 4 is 12.0 Å². The van der Waals surface area contributed by atoms with Crippen molar-refractivity contribution in [1.82, 2.24) is 10.2 Å². The predicted octanol–water partition coefficient (Wildman–Crippen LogP) is 2.18. The number of hydrogen-bond donors (Lipinski definition) is 3. The topological polar surface area (TPSA) is 89.9 Å². The molecule has 2 rings (SSSR count). The number of carboxylic acids is 1. The third-order valence-corrected chi connectivity index (χ3v) is 3.62. The van der Waals surface area contributed by atoms with Crippen molar-refractivity contribution in [3.8, 4) is 5.75 Å². The van der Waals surface area contributed by atoms with Gasteiger partial charge in [0.1, 0.15) is 5.75 Å². The van der Waals surface area contributed by atoms with Crippen LogP contribution in [0.25, 0.3) is 0 Å². The maximum absolute atomic E-state index is 12.2. The number of phenols is 1. The molecule has 0 radical (unpaired) electrons. The number of hydrogen-bond acceptors (Lipinski definition) is 3. The molecule has 1 saturated carbocycles. The van der Waals surface area contributed by atoms with Crippen LogP contribution in [-0.4, -0.2) is 40.2 Å². The molecule has 0 unspecified atom stereocenters. The molecule has 0 aliphatic heterocycles. The van der Waals surface area contributed by atoms with Crippen molar-refractivity contribution in [2.24, 2.45) is 5.92 Å². The van der Waals surface area contributed by atoms with E-state index in [0.29, 0.717) is 32.0 Å². The Morgan fingerprint density at radius 3 is 2.50 bits per heavy atom. The second-order valence-electron chi connectivity index (χ2n) is 5.72. The SMILES string of the molecule is O=C(O)CCCNC(=O)N(Cc1ccc(O)cc1)CC1CC1. The zero-order valence-electron chi connectivity index (χ0n) is 12.5. The van der Waals surface area contributed by atoms with Crippen molar-refractivity contribution in [2.45, 2.75) is 32.2 Å². The summed E-state index contributed by atoms with van der Waals surface area (Å²) >= 11 is 0. The van der Waals surface area contributed by atoms with E-state index in [2.05, 4.69) is 5.32 Å². The molecule has 6 heteroatoms. The average Bonchev–Trinajstić information content (AvgIpc) is 3.29. The fourth-order valence-corrected chi connectivity index (χ4v) is 2.20. The Hall–Kier alpha value is -2.24. The van der Waals surface area contributed by atoms with E-state index in [0.717, 1.165) is 18.4 Å². The second-order valence-corrected chi connectivity index (χ2v) is 5.72. The standard InChI is InChI=1S/C16H22N2O4/c19-14-7-5-13(6-8-14)11-18(10-12-3-4-12)16(22)17-9-1-2-15(20)21/h5-8,12,19H,1-4,9-11H2,(H,17,22)(H,20,21). The molecular weight excluding hydrogens is 284 g/mol. The lowest BCUT2D eigenvalue weighted by Gasteiger charge is -2.23. The Morgan fingerprint density at radius 1 is 1.23 bits per heavy atom. The van der Waals surface area contributed by atoms with Gasteiger partial charge in [0.15, 0.2) is 0 Å². The van der Waals surface area contributed by atoms with E-state index < -0.39 is 5.97 Å². The summed E-state index contributed by atoms with van der Waals surface area (Å²) in [5.74, 6) is -0.0781. The smallest absolute Gasteiger partial charge is 0.317 e. The van der Waals surface area contributed by atoms with Gasteiger partial charge in [-0.05, 0) is 42.9 Å². The first-order valence-corrected chi connectivity index (χ1v) is 7.57. The van der Waals surface area contributed by atoms with E-state index >= 15 is 0 Å². The molecule has 1 aromatic carbocycles. The highest BCUT2D eigenvalue weighted by atomic mass is 16.4. The summed E-state index contributed by atoms with van der Waals surface area (Å²) in [7, 11) is 0. The molecule has 120 valence electrons. The van der Waals surface area contributed by atoms with Crippen LogP contribution >= 0.6 is 0 Å². The van der Waals surface area contributed by atoms with Gasteiger partial charge in [0, 0.05) is 26.1 Å². The van der Waals surface area contributed by atoms with Crippen LogP contribution in [0.15, 0.2) is 24.3 Å². The Morgan fingerprint density at radius 2 is 1.91 bits per heavy atom. The van der Waals surface area contributed by atoms with Crippen LogP contribution in [0.5, 0.6) is 5.75 Å². The largest absolute Gasteiger partial charge is 0.508 e. The van der Waals surface area contributed by atoms with Crippen molar-refractivity contribution < 1.29 is 19.8 Å². The van der Waals surface area contributed by atoms with Crippen LogP contribution in [0.3, 0.4) is 0 Å². The number of amides is 2. The van der Waals surface area contributed by atoms with Crippen molar-refractivity contribution in [1.29, 1.82) is 0 Å². The number of urea groups is 1. The van der Waals surface area contributed by atoms with Gasteiger partial charge in [-0.2, -0.15) is 0 Å². The highest BCUT2D eigenvalue weighted by Crippen LogP contribution is 2.30. The zero-order chi connectivity index (χ0) is 15.9. The molecule has 1 aromatic rings. The molecule has 0 heterocycles. The van der Waals surface area contributed by atoms with E-state index in [-0.39, 0.29) is 18.2 Å². The van der Waals surface area contributed by atoms with Crippen LogP contribution in [0.2, 0.25) is 0 Å². The minimum Gasteiger partial charge on any atom is -0.508 e. The van der Waals surface area contributed by atoms with E-state index in [1.165, 1.54) is 0 Å². The third kappa shape index (κ3) is 5.63. The lowest BCUT2D eigenvalue weighted by molar-refractivity contribution is -0.137. The minimum atomic E-state index is -0.854. The van der Waals surface area contributed by atoms with Crippen LogP contribution < -0.4 is 5.32 Å². The number of carbonyl (C=O) groups is 2. The lowest BCUT2D eigenvalue weighted by Crippen LogP contribution is -2.41. The van der Waals surface area contributed by atoms with Crippen LogP contribution in [0, 0.1) is 5.92 Å². The molecule has 6 nitrogen and oxygen atoms in total. The van der Waals surface area contributed by atoms with E-state index in [4.69, 9.17) is 5.11 Å². The summed E-state index contributed by atoms with van der Waals surface area (Å²) in [4.78, 5) is 24.5. The van der Waals surface area contributed by atoms with Gasteiger partial charge in [-0.25, -0.2) is 4.79 Å². The van der Waals surface area contributed by atoms with Gasteiger partial charge in [0.05, 0.1) is 0 Å². The Kier molecular flexibility index (Phi) is 5.63. The van der Waals surface area contributed by atoms with Gasteiger partial charge in [-0.15, -0.1) is 0 Å². The third-order valence-electron chi connectivity index (χ3n) is 3.62. The number of rotatable bonds is 8. The monoisotopic (exact) mass is 306 g/mol. The van der Waals surface area contributed by atoms with E-state index in [9.17, 15) is 14.7 Å². The summed E-state index contributed by atoms with van der Waals surface area (Å²) in [5.41, 5.74) is 0.958. The summed E-state index contributed by atoms with van der Waals surface area (Å²) in [6.45, 7) is 1.56. The number of carboxylic acid groups (broad SMARTS) is 1. The van der Waals surface area contributed by atoms with Gasteiger partial charge in [0.2, 0.25) is 0 Å². The molecule has 0 bridgehead atoms. The Balaban J connectivity index is 1.85. The normalized spacial score (nSPS) is 13.6. The molecule has 0 atom stereocenters. The van der Waals surface area contributed by atoms with Crippen molar-refractivity contribution in [2.75, 3.05) is 13.1 Å². The van der Waals surface area contributed by atoms with Crippen LogP contribution in [-0.2, 0) is 11.3 Å². The highest BCUT2D eigenvalue weighted by Gasteiger charge is 2.26. The summed E-state index contributed by atoms with van der Waals surface area (Å²) < 4.78 is 0. The number of carbonyl (C=O) groups excluding carboxylic acids is 1. The van der Waals surface area contributed by atoms with Gasteiger partial charge < -0.3 is 20.4 Å². The summed E-state index contributed by atoms with van der Waals surface area (Å²) in [6.07, 6.45) is 2.79. The quantitative estimate of drug-likeness (QED) is 0.642. The van der Waals surface area contributed by atoms with Gasteiger partial charge >= 0.3 is 12.0 Å². The molecule has 2 amide bonds. The maximum Gasteiger partial charge on any atom is 0.317 e. The number of benzene rings is 1. The molecule has 1 aliphatic rings. The average molecular weight is 306 g/mol. The molecule has 0 aromatic heterocycles. The lowest BCUT2D eigenvalue weighted by atomic mass is 10.2. The molecule has 1 fully saturated rings. The first kappa shape index (κ1) is 16.1. The number of aliphatic carboxylic acids is 1. The first-order chi connectivity index (χ1) is 10.5. The van der Waals surface area contributed by atoms with Crippen LogP contribution in [0.4, 0.5) is 4.79 Å². The van der Waals surface area contributed by atoms with Gasteiger partial charge in [-0.3, -0.25) is 4.79 Å². The molecule has 3 N–H and O–H groups in total. The fourth-order valence-electron chi connectivity index (χ4n) is 2.20. The summed E-state index contributed by atoms with van der Waals surface area (Å²) in [5, 5.41) is 20.7. The maximum atomic E-state index is 12.2. The van der Waals surface area contributed by atoms with Gasteiger partial charge in [0.25, 0.3) is 0 Å². The molecule has 1 aliphatic carbocycles. The number of nitrogens with zero attached hydrogens (tertiary/aromatic N) is 1. The Labute approximate surface area is 129 Å². The molecular formula is C16H22N2O4. The number of nitrogens with one attached hydrogen (secondary N) is 1. The molecule has 0 saturated heterocycles. The van der Waals surface area contributed by atoms with Crippen molar-refractivity contribution in [3.63, 3.8) is 0 Å². The first-order valence-electron chi connectivity index (χ1n) is 7.57. The van der Waals surface area contributed by atoms with Gasteiger partial charge in [-0.1, -0.05) is 12.1 Å². The Bertz CT molecular complexity index is 511. The predicted molar refractivity (Wildman–Crippen MR) is 81.5 cm³/mol. The minimum absolute atomic E-state index is 0.0564. The van der Waals surface area contributed by atoms with Crippen molar-refractivity contribution in [3.05, 3.63) is 29.8 Å². The highest BCUT2D eigenvalue weighted by molar-refractivity contribution is 5.74. The second kappa shape index (κ2) is 7.68. The zero-order valence-corrected chi connectivity index (χ0v) is 12.5. The van der Waals surface area contributed by atoms with Crippen LogP contribution in [0.1, 0.15) is 31.2 Å². The fraction of sp³-hybridized carbons (Fsp3) is 0.500. The van der Waals surface area contributed by atoms with E-state index in [1.54, 1.807) is 29.2 Å². The molecule has 0 spiro atoms.